The van der Waals surface area contributed by atoms with Gasteiger partial charge in [-0.1, -0.05) is 41.6 Å². The average molecular weight is 485 g/mol. The Balaban J connectivity index is 1.41. The molecular formula is C24H28N4O7. The lowest BCUT2D eigenvalue weighted by Crippen LogP contribution is -2.49. The predicted octanol–water partition coefficient (Wildman–Crippen LogP) is -0.246. The molecule has 4 rings (SSSR count). The van der Waals surface area contributed by atoms with E-state index < -0.39 is 31.0 Å². The number of fused-ring (bicyclic) bond motifs is 2. The minimum absolute atomic E-state index is 0.0202. The summed E-state index contributed by atoms with van der Waals surface area (Å²) in [5.74, 6) is -0.0202. The van der Waals surface area contributed by atoms with Gasteiger partial charge in [-0.3, -0.25) is 0 Å². The molecule has 11 nitrogen and oxygen atoms in total. The van der Waals surface area contributed by atoms with Crippen molar-refractivity contribution in [2.45, 2.75) is 24.4 Å². The Bertz CT molecular complexity index is 1230. The van der Waals surface area contributed by atoms with E-state index in [-0.39, 0.29) is 25.6 Å². The van der Waals surface area contributed by atoms with Gasteiger partial charge in [0.25, 0.3) is 0 Å². The maximum absolute atomic E-state index is 10.6. The van der Waals surface area contributed by atoms with Gasteiger partial charge < -0.3 is 45.8 Å². The number of aromatic amines is 1. The third-order valence-electron chi connectivity index (χ3n) is 5.74. The molecule has 0 amide bonds. The Morgan fingerprint density at radius 2 is 1.69 bits per heavy atom. The topological polar surface area (TPSA) is 183 Å². The summed E-state index contributed by atoms with van der Waals surface area (Å²) in [7, 11) is 0. The van der Waals surface area contributed by atoms with Gasteiger partial charge in [0, 0.05) is 29.6 Å². The molecule has 0 bridgehead atoms. The monoisotopic (exact) mass is 484 g/mol. The molecule has 0 radical (unpaired) electrons. The minimum Gasteiger partial charge on any atom is -0.494 e. The van der Waals surface area contributed by atoms with Crippen LogP contribution in [0.4, 0.5) is 5.69 Å². The van der Waals surface area contributed by atoms with E-state index in [1.54, 1.807) is 0 Å². The van der Waals surface area contributed by atoms with Crippen LogP contribution in [0.3, 0.4) is 0 Å². The summed E-state index contributed by atoms with van der Waals surface area (Å²) in [5.41, 5.74) is 3.70. The largest absolute Gasteiger partial charge is 0.494 e. The first-order valence-corrected chi connectivity index (χ1v) is 11.1. The molecule has 3 aromatic rings. The lowest BCUT2D eigenvalue weighted by molar-refractivity contribution is -0.114. The molecule has 186 valence electrons. The molecular weight excluding hydrogens is 456 g/mol. The lowest BCUT2D eigenvalue weighted by atomic mass is 10.0. The van der Waals surface area contributed by atoms with Crippen molar-refractivity contribution in [3.8, 4) is 5.88 Å². The smallest absolute Gasteiger partial charge is 0.199 e. The zero-order valence-electron chi connectivity index (χ0n) is 18.7. The number of aliphatic hydroxyl groups is 5. The van der Waals surface area contributed by atoms with E-state index in [1.807, 2.05) is 48.5 Å². The molecule has 8 N–H and O–H groups in total. The molecule has 2 aromatic carbocycles. The van der Waals surface area contributed by atoms with Crippen molar-refractivity contribution in [3.63, 3.8) is 0 Å². The number of H-pyrrole nitrogens is 1. The van der Waals surface area contributed by atoms with E-state index in [4.69, 9.17) is 9.94 Å². The fourth-order valence-electron chi connectivity index (χ4n) is 3.87. The number of aliphatic imine (C=N–C) groups is 1. The van der Waals surface area contributed by atoms with Gasteiger partial charge in [0.05, 0.1) is 24.0 Å². The molecule has 0 saturated heterocycles. The molecule has 2 heterocycles. The molecule has 4 unspecified atom stereocenters. The van der Waals surface area contributed by atoms with Crippen LogP contribution >= 0.6 is 0 Å². The van der Waals surface area contributed by atoms with Crippen LogP contribution in [0.15, 0.2) is 58.7 Å². The third kappa shape index (κ3) is 5.20. The van der Waals surface area contributed by atoms with Crippen LogP contribution in [0.1, 0.15) is 11.1 Å². The maximum atomic E-state index is 10.6. The average Bonchev–Trinajstić information content (AvgIpc) is 3.40. The van der Waals surface area contributed by atoms with Gasteiger partial charge in [-0.2, -0.15) is 0 Å². The highest BCUT2D eigenvalue weighted by Gasteiger charge is 2.30. The SMILES string of the molecule is OCC(O)C(O)C(O)C(O)CNCCO/N=C1/C(c2c(O)[nH]c3ccccc23)=Nc2ccccc21. The number of hydrogen-bond donors (Lipinski definition) is 8. The van der Waals surface area contributed by atoms with Gasteiger partial charge >= 0.3 is 0 Å². The van der Waals surface area contributed by atoms with Crippen molar-refractivity contribution in [1.29, 1.82) is 0 Å². The summed E-state index contributed by atoms with van der Waals surface area (Å²) in [5, 5.41) is 66.2. The van der Waals surface area contributed by atoms with Gasteiger partial charge in [-0.05, 0) is 12.1 Å². The Labute approximate surface area is 200 Å². The molecule has 0 fully saturated rings. The highest BCUT2D eigenvalue weighted by Crippen LogP contribution is 2.35. The first-order valence-electron chi connectivity index (χ1n) is 11.1. The molecule has 1 aliphatic rings. The van der Waals surface area contributed by atoms with Crippen molar-refractivity contribution in [2.24, 2.45) is 10.1 Å². The number of nitrogens with one attached hydrogen (secondary N) is 2. The van der Waals surface area contributed by atoms with Crippen molar-refractivity contribution < 1.29 is 35.5 Å². The maximum Gasteiger partial charge on any atom is 0.199 e. The second-order valence-corrected chi connectivity index (χ2v) is 8.15. The van der Waals surface area contributed by atoms with E-state index in [1.165, 1.54) is 0 Å². The van der Waals surface area contributed by atoms with Crippen LogP contribution in [0.2, 0.25) is 0 Å². The summed E-state index contributed by atoms with van der Waals surface area (Å²) in [6.07, 6.45) is -6.24. The van der Waals surface area contributed by atoms with Crippen LogP contribution in [0, 0.1) is 0 Å². The van der Waals surface area contributed by atoms with Crippen molar-refractivity contribution in [3.05, 3.63) is 59.7 Å². The number of benzene rings is 2. The van der Waals surface area contributed by atoms with E-state index in [2.05, 4.69) is 20.4 Å². The second-order valence-electron chi connectivity index (χ2n) is 8.15. The molecule has 0 spiro atoms. The number of rotatable bonds is 11. The predicted molar refractivity (Wildman–Crippen MR) is 129 cm³/mol. The standard InChI is InChI=1S/C24H28N4O7/c29-12-18(31)23(33)22(32)17(30)11-25-9-10-35-28-20-14-6-2-4-8-16(14)26-21(20)19-13-5-1-3-7-15(13)27-24(19)34/h1-8,17-18,22-23,25,27,29-34H,9-12H2/b28-20+. The molecule has 4 atom stereocenters. The van der Waals surface area contributed by atoms with E-state index >= 15 is 0 Å². The van der Waals surface area contributed by atoms with Crippen molar-refractivity contribution in [1.82, 2.24) is 10.3 Å². The fraction of sp³-hybridized carbons (Fsp3) is 0.333. The van der Waals surface area contributed by atoms with Crippen LogP contribution in [0.5, 0.6) is 5.88 Å². The van der Waals surface area contributed by atoms with E-state index in [0.29, 0.717) is 22.7 Å². The van der Waals surface area contributed by atoms with Crippen LogP contribution < -0.4 is 5.32 Å². The first kappa shape index (κ1) is 24.8. The van der Waals surface area contributed by atoms with Gasteiger partial charge in [0.2, 0.25) is 0 Å². The summed E-state index contributed by atoms with van der Waals surface area (Å²) < 4.78 is 0. The lowest BCUT2D eigenvalue weighted by Gasteiger charge is -2.25. The molecule has 35 heavy (non-hydrogen) atoms. The summed E-state index contributed by atoms with van der Waals surface area (Å²) in [6.45, 7) is -0.457. The quantitative estimate of drug-likeness (QED) is 0.135. The Morgan fingerprint density at radius 1 is 0.971 bits per heavy atom. The number of para-hydroxylation sites is 2. The first-order chi connectivity index (χ1) is 16.9. The van der Waals surface area contributed by atoms with Crippen LogP contribution in [-0.4, -0.2) is 97.8 Å². The number of hydrogen-bond acceptors (Lipinski definition) is 10. The Kier molecular flexibility index (Phi) is 7.76. The zero-order valence-corrected chi connectivity index (χ0v) is 18.7. The summed E-state index contributed by atoms with van der Waals surface area (Å²) in [6, 6.07) is 14.9. The molecule has 11 heteroatoms. The highest BCUT2D eigenvalue weighted by molar-refractivity contribution is 6.58. The number of aromatic nitrogens is 1. The number of aromatic hydroxyl groups is 1. The van der Waals surface area contributed by atoms with Gasteiger partial charge in [0.1, 0.15) is 36.3 Å². The summed E-state index contributed by atoms with van der Waals surface area (Å²) >= 11 is 0. The van der Waals surface area contributed by atoms with Gasteiger partial charge in [-0.25, -0.2) is 4.99 Å². The third-order valence-corrected chi connectivity index (χ3v) is 5.74. The van der Waals surface area contributed by atoms with Crippen molar-refractivity contribution >= 4 is 28.0 Å². The van der Waals surface area contributed by atoms with Gasteiger partial charge in [0.15, 0.2) is 5.88 Å². The highest BCUT2D eigenvalue weighted by atomic mass is 16.6. The number of aliphatic hydroxyl groups excluding tert-OH is 5. The summed E-state index contributed by atoms with van der Waals surface area (Å²) in [4.78, 5) is 13.1. The van der Waals surface area contributed by atoms with Crippen LogP contribution in [-0.2, 0) is 4.84 Å². The fourth-order valence-corrected chi connectivity index (χ4v) is 3.87. The second kappa shape index (κ2) is 11.0. The Hall–Kier alpha value is -3.32. The van der Waals surface area contributed by atoms with E-state index in [0.717, 1.165) is 16.5 Å². The minimum atomic E-state index is -1.68. The molecule has 1 aliphatic heterocycles. The van der Waals surface area contributed by atoms with Crippen molar-refractivity contribution in [2.75, 3.05) is 26.3 Å². The normalized spacial score (nSPS) is 17.7. The Morgan fingerprint density at radius 3 is 2.49 bits per heavy atom. The molecule has 1 aromatic heterocycles. The van der Waals surface area contributed by atoms with Gasteiger partial charge in [-0.15, -0.1) is 0 Å². The molecule has 0 saturated carbocycles. The number of nitrogens with zero attached hydrogens (tertiary/aromatic N) is 2. The zero-order chi connectivity index (χ0) is 24.9. The van der Waals surface area contributed by atoms with E-state index in [9.17, 15) is 25.5 Å². The van der Waals surface area contributed by atoms with Crippen LogP contribution in [0.25, 0.3) is 10.9 Å². The number of oxime groups is 1. The molecule has 0 aliphatic carbocycles.